The fourth-order valence-electron chi connectivity index (χ4n) is 3.39. The van der Waals surface area contributed by atoms with Crippen LogP contribution < -0.4 is 0 Å². The summed E-state index contributed by atoms with van der Waals surface area (Å²) in [4.78, 5) is 13.3. The lowest BCUT2D eigenvalue weighted by molar-refractivity contribution is 0.0634. The molecule has 1 aliphatic heterocycles. The normalized spacial score (nSPS) is 19.0. The number of ether oxygens (including phenoxy) is 1. The number of aliphatic imine (C=N–C) groups is 1. The zero-order chi connectivity index (χ0) is 18.1. The summed E-state index contributed by atoms with van der Waals surface area (Å²) in [7, 11) is 0. The van der Waals surface area contributed by atoms with Crippen molar-refractivity contribution >= 4 is 16.8 Å². The number of nitrogens with zero attached hydrogens (tertiary/aromatic N) is 3. The molecule has 0 radical (unpaired) electrons. The van der Waals surface area contributed by atoms with Crippen molar-refractivity contribution in [2.45, 2.75) is 38.3 Å². The van der Waals surface area contributed by atoms with Crippen molar-refractivity contribution in [3.05, 3.63) is 71.9 Å². The van der Waals surface area contributed by atoms with Crippen LogP contribution in [0.4, 0.5) is 4.39 Å². The second-order valence-corrected chi connectivity index (χ2v) is 7.25. The van der Waals surface area contributed by atoms with E-state index in [1.165, 1.54) is 6.07 Å². The smallest absolute Gasteiger partial charge is 0.218 e. The lowest BCUT2D eigenvalue weighted by Gasteiger charge is -2.34. The van der Waals surface area contributed by atoms with Crippen LogP contribution in [0.2, 0.25) is 0 Å². The van der Waals surface area contributed by atoms with Crippen LogP contribution in [-0.4, -0.2) is 27.5 Å². The second kappa shape index (κ2) is 6.48. The van der Waals surface area contributed by atoms with Crippen LogP contribution in [0.15, 0.2) is 60.0 Å². The second-order valence-electron chi connectivity index (χ2n) is 7.25. The Kier molecular flexibility index (Phi) is 4.15. The SMILES string of the molecule is CC1(C)CC(Cc2cccnc2)N=C(c2cnc3c(F)cccc3c2)O1. The van der Waals surface area contributed by atoms with Crippen molar-refractivity contribution in [1.29, 1.82) is 0 Å². The number of hydrogen-bond acceptors (Lipinski definition) is 4. The molecular weight excluding hydrogens is 329 g/mol. The number of benzene rings is 1. The highest BCUT2D eigenvalue weighted by molar-refractivity contribution is 5.97. The first kappa shape index (κ1) is 16.6. The highest BCUT2D eigenvalue weighted by Gasteiger charge is 2.32. The van der Waals surface area contributed by atoms with Gasteiger partial charge in [0.15, 0.2) is 0 Å². The molecule has 26 heavy (non-hydrogen) atoms. The summed E-state index contributed by atoms with van der Waals surface area (Å²) in [6, 6.07) is 10.9. The fourth-order valence-corrected chi connectivity index (χ4v) is 3.39. The lowest BCUT2D eigenvalue weighted by Crippen LogP contribution is -2.38. The van der Waals surface area contributed by atoms with E-state index in [0.717, 1.165) is 29.4 Å². The van der Waals surface area contributed by atoms with Gasteiger partial charge < -0.3 is 4.74 Å². The van der Waals surface area contributed by atoms with Gasteiger partial charge in [0.2, 0.25) is 5.90 Å². The molecular formula is C21H20FN3O. The zero-order valence-corrected chi connectivity index (χ0v) is 14.8. The molecule has 0 saturated heterocycles. The van der Waals surface area contributed by atoms with Gasteiger partial charge in [-0.1, -0.05) is 18.2 Å². The molecule has 5 heteroatoms. The third-order valence-corrected chi connectivity index (χ3v) is 4.50. The minimum absolute atomic E-state index is 0.0983. The van der Waals surface area contributed by atoms with Crippen molar-refractivity contribution in [3.8, 4) is 0 Å². The van der Waals surface area contributed by atoms with Crippen molar-refractivity contribution < 1.29 is 9.13 Å². The molecule has 4 nitrogen and oxygen atoms in total. The molecule has 0 fully saturated rings. The Hall–Kier alpha value is -2.82. The number of pyridine rings is 2. The maximum absolute atomic E-state index is 13.9. The molecule has 0 bridgehead atoms. The Morgan fingerprint density at radius 1 is 1.19 bits per heavy atom. The highest BCUT2D eigenvalue weighted by Crippen LogP contribution is 2.29. The van der Waals surface area contributed by atoms with E-state index in [9.17, 15) is 4.39 Å². The predicted molar refractivity (Wildman–Crippen MR) is 99.7 cm³/mol. The fraction of sp³-hybridized carbons (Fsp3) is 0.286. The van der Waals surface area contributed by atoms with E-state index in [-0.39, 0.29) is 17.5 Å². The van der Waals surface area contributed by atoms with E-state index in [0.29, 0.717) is 11.4 Å². The Morgan fingerprint density at radius 3 is 2.88 bits per heavy atom. The number of rotatable bonds is 3. The van der Waals surface area contributed by atoms with E-state index < -0.39 is 0 Å². The van der Waals surface area contributed by atoms with Crippen LogP contribution in [0.1, 0.15) is 31.4 Å². The van der Waals surface area contributed by atoms with Gasteiger partial charge in [-0.2, -0.15) is 0 Å². The molecule has 2 aromatic heterocycles. The van der Waals surface area contributed by atoms with E-state index in [1.54, 1.807) is 18.5 Å². The Bertz CT molecular complexity index is 969. The van der Waals surface area contributed by atoms with Gasteiger partial charge in [-0.15, -0.1) is 0 Å². The first-order valence-corrected chi connectivity index (χ1v) is 8.70. The molecule has 0 saturated carbocycles. The van der Waals surface area contributed by atoms with Gasteiger partial charge in [-0.05, 0) is 44.0 Å². The summed E-state index contributed by atoms with van der Waals surface area (Å²) >= 11 is 0. The van der Waals surface area contributed by atoms with Gasteiger partial charge in [-0.25, -0.2) is 9.38 Å². The number of hydrogen-bond donors (Lipinski definition) is 0. The van der Waals surface area contributed by atoms with Gasteiger partial charge >= 0.3 is 0 Å². The Labute approximate surface area is 151 Å². The highest BCUT2D eigenvalue weighted by atomic mass is 19.1. The molecule has 3 heterocycles. The van der Waals surface area contributed by atoms with E-state index >= 15 is 0 Å². The van der Waals surface area contributed by atoms with Crippen LogP contribution in [-0.2, 0) is 11.2 Å². The molecule has 3 aromatic rings. The zero-order valence-electron chi connectivity index (χ0n) is 14.8. The molecule has 0 aliphatic carbocycles. The molecule has 1 aliphatic rings. The molecule has 4 rings (SSSR count). The monoisotopic (exact) mass is 349 g/mol. The summed E-state index contributed by atoms with van der Waals surface area (Å²) in [6.07, 6.45) is 6.90. The molecule has 0 amide bonds. The molecule has 0 N–H and O–H groups in total. The van der Waals surface area contributed by atoms with Gasteiger partial charge in [0.05, 0.1) is 11.6 Å². The Balaban J connectivity index is 1.69. The largest absolute Gasteiger partial charge is 0.471 e. The van der Waals surface area contributed by atoms with Crippen molar-refractivity contribution in [2.24, 2.45) is 4.99 Å². The van der Waals surface area contributed by atoms with Crippen LogP contribution in [0.5, 0.6) is 0 Å². The molecule has 1 unspecified atom stereocenters. The Morgan fingerprint density at radius 2 is 2.08 bits per heavy atom. The lowest BCUT2D eigenvalue weighted by atomic mass is 9.93. The average Bonchev–Trinajstić information content (AvgIpc) is 2.61. The quantitative estimate of drug-likeness (QED) is 0.707. The van der Waals surface area contributed by atoms with Crippen molar-refractivity contribution in [3.63, 3.8) is 0 Å². The number of fused-ring (bicyclic) bond motifs is 1. The first-order valence-electron chi connectivity index (χ1n) is 8.70. The van der Waals surface area contributed by atoms with Gasteiger partial charge in [0.1, 0.15) is 16.9 Å². The van der Waals surface area contributed by atoms with Gasteiger partial charge in [0.25, 0.3) is 0 Å². The summed E-state index contributed by atoms with van der Waals surface area (Å²) in [5.41, 5.74) is 1.95. The number of para-hydroxylation sites is 1. The standard InChI is InChI=1S/C21H20FN3O/c1-21(2)11-17(9-14-5-4-8-23-12-14)25-20(26-21)16-10-15-6-3-7-18(22)19(15)24-13-16/h3-8,10,12-13,17H,9,11H2,1-2H3. The molecule has 1 atom stereocenters. The summed E-state index contributed by atoms with van der Waals surface area (Å²) in [5, 5.41) is 0.737. The topological polar surface area (TPSA) is 47.4 Å². The van der Waals surface area contributed by atoms with Crippen LogP contribution in [0, 0.1) is 5.82 Å². The van der Waals surface area contributed by atoms with Crippen LogP contribution in [0.25, 0.3) is 10.9 Å². The van der Waals surface area contributed by atoms with E-state index in [1.807, 2.05) is 24.4 Å². The minimum atomic E-state index is -0.332. The van der Waals surface area contributed by atoms with E-state index in [2.05, 4.69) is 29.9 Å². The number of aromatic nitrogens is 2. The first-order chi connectivity index (χ1) is 12.5. The summed E-state index contributed by atoms with van der Waals surface area (Å²) < 4.78 is 20.0. The summed E-state index contributed by atoms with van der Waals surface area (Å²) in [6.45, 7) is 4.12. The summed E-state index contributed by atoms with van der Waals surface area (Å²) in [5.74, 6) is 0.240. The van der Waals surface area contributed by atoms with Crippen molar-refractivity contribution in [1.82, 2.24) is 9.97 Å². The third-order valence-electron chi connectivity index (χ3n) is 4.50. The maximum atomic E-state index is 13.9. The molecule has 0 spiro atoms. The number of halogens is 1. The third kappa shape index (κ3) is 3.43. The maximum Gasteiger partial charge on any atom is 0.218 e. The molecule has 1 aromatic carbocycles. The van der Waals surface area contributed by atoms with Crippen LogP contribution >= 0.6 is 0 Å². The average molecular weight is 349 g/mol. The minimum Gasteiger partial charge on any atom is -0.471 e. The van der Waals surface area contributed by atoms with Crippen molar-refractivity contribution in [2.75, 3.05) is 0 Å². The van der Waals surface area contributed by atoms with Gasteiger partial charge in [0, 0.05) is 30.4 Å². The predicted octanol–water partition coefficient (Wildman–Crippen LogP) is 4.33. The van der Waals surface area contributed by atoms with Crippen LogP contribution in [0.3, 0.4) is 0 Å². The van der Waals surface area contributed by atoms with E-state index in [4.69, 9.17) is 9.73 Å². The van der Waals surface area contributed by atoms with Gasteiger partial charge in [-0.3, -0.25) is 9.97 Å². The molecule has 132 valence electrons.